The number of rotatable bonds is 5. The highest BCUT2D eigenvalue weighted by molar-refractivity contribution is 5.75. The van der Waals surface area contributed by atoms with Crippen molar-refractivity contribution < 1.29 is 31.9 Å². The van der Waals surface area contributed by atoms with Gasteiger partial charge in [-0.25, -0.2) is 9.18 Å². The molecule has 1 unspecified atom stereocenters. The summed E-state index contributed by atoms with van der Waals surface area (Å²) in [6.45, 7) is 0.377. The van der Waals surface area contributed by atoms with Gasteiger partial charge in [0.05, 0.1) is 7.11 Å². The molecule has 0 saturated carbocycles. The van der Waals surface area contributed by atoms with Crippen molar-refractivity contribution in [2.75, 3.05) is 20.2 Å². The molecule has 4 nitrogen and oxygen atoms in total. The van der Waals surface area contributed by atoms with E-state index in [4.69, 9.17) is 4.74 Å². The van der Waals surface area contributed by atoms with Crippen LogP contribution in [0, 0.1) is 11.7 Å². The van der Waals surface area contributed by atoms with Crippen LogP contribution in [-0.2, 0) is 9.63 Å². The zero-order chi connectivity index (χ0) is 21.0. The van der Waals surface area contributed by atoms with Crippen molar-refractivity contribution in [1.82, 2.24) is 5.06 Å². The van der Waals surface area contributed by atoms with Crippen LogP contribution in [0.3, 0.4) is 0 Å². The predicted molar refractivity (Wildman–Crippen MR) is 97.7 cm³/mol. The van der Waals surface area contributed by atoms with Gasteiger partial charge >= 0.3 is 12.1 Å². The Kier molecular flexibility index (Phi) is 6.42. The molecule has 8 heteroatoms. The minimum absolute atomic E-state index is 0.0772. The number of benzene rings is 2. The van der Waals surface area contributed by atoms with Crippen LogP contribution >= 0.6 is 0 Å². The van der Waals surface area contributed by atoms with Crippen molar-refractivity contribution in [1.29, 1.82) is 0 Å². The number of hydrogen-bond donors (Lipinski definition) is 0. The van der Waals surface area contributed by atoms with Crippen molar-refractivity contribution in [2.45, 2.75) is 24.9 Å². The number of methoxy groups -OCH3 is 1. The topological polar surface area (TPSA) is 38.8 Å². The molecule has 0 spiro atoms. The van der Waals surface area contributed by atoms with E-state index < -0.39 is 12.1 Å². The van der Waals surface area contributed by atoms with Crippen LogP contribution in [0.2, 0.25) is 0 Å². The number of hydrogen-bond acceptors (Lipinski definition) is 4. The standard InChI is InChI=1S/C21H21F4NO3/c1-28-18-4-2-3-16(13-18)19(14-5-7-17(22)8-6-14)15-9-11-26(12-10-15)29-20(27)21(23,24)25/h2-8,13,15,19H,9-12H2,1H3. The van der Waals surface area contributed by atoms with Gasteiger partial charge in [0.15, 0.2) is 0 Å². The lowest BCUT2D eigenvalue weighted by molar-refractivity contribution is -0.242. The van der Waals surface area contributed by atoms with Gasteiger partial charge in [0, 0.05) is 19.0 Å². The molecule has 0 bridgehead atoms. The van der Waals surface area contributed by atoms with Crippen molar-refractivity contribution in [3.8, 4) is 5.75 Å². The highest BCUT2D eigenvalue weighted by atomic mass is 19.4. The van der Waals surface area contributed by atoms with Gasteiger partial charge in [-0.05, 0) is 54.2 Å². The third-order valence-corrected chi connectivity index (χ3v) is 5.10. The molecular weight excluding hydrogens is 390 g/mol. The van der Waals surface area contributed by atoms with Gasteiger partial charge in [-0.15, -0.1) is 5.06 Å². The average Bonchev–Trinajstić information content (AvgIpc) is 2.70. The second kappa shape index (κ2) is 8.82. The Morgan fingerprint density at radius 3 is 2.31 bits per heavy atom. The van der Waals surface area contributed by atoms with Gasteiger partial charge in [-0.3, -0.25) is 0 Å². The van der Waals surface area contributed by atoms with E-state index in [1.807, 2.05) is 24.3 Å². The molecule has 2 aromatic rings. The minimum atomic E-state index is -5.02. The number of carbonyl (C=O) groups excluding carboxylic acids is 1. The van der Waals surface area contributed by atoms with E-state index in [-0.39, 0.29) is 30.7 Å². The monoisotopic (exact) mass is 411 g/mol. The maximum absolute atomic E-state index is 13.4. The fourth-order valence-electron chi connectivity index (χ4n) is 3.71. The number of piperidine rings is 1. The highest BCUT2D eigenvalue weighted by Crippen LogP contribution is 2.39. The largest absolute Gasteiger partial charge is 0.497 e. The maximum Gasteiger partial charge on any atom is 0.492 e. The summed E-state index contributed by atoms with van der Waals surface area (Å²) in [6.07, 6.45) is -3.98. The summed E-state index contributed by atoms with van der Waals surface area (Å²) in [5, 5.41) is 1.06. The van der Waals surface area contributed by atoms with Crippen molar-refractivity contribution in [2.24, 2.45) is 5.92 Å². The van der Waals surface area contributed by atoms with Gasteiger partial charge in [0.25, 0.3) is 0 Å². The van der Waals surface area contributed by atoms with Crippen molar-refractivity contribution >= 4 is 5.97 Å². The molecule has 1 saturated heterocycles. The fraction of sp³-hybridized carbons (Fsp3) is 0.381. The van der Waals surface area contributed by atoms with E-state index in [1.54, 1.807) is 19.2 Å². The molecule has 1 aliphatic heterocycles. The summed E-state index contributed by atoms with van der Waals surface area (Å²) in [6, 6.07) is 13.8. The molecule has 1 heterocycles. The minimum Gasteiger partial charge on any atom is -0.497 e. The number of alkyl halides is 3. The molecule has 2 aromatic carbocycles. The molecule has 0 aliphatic carbocycles. The predicted octanol–water partition coefficient (Wildman–Crippen LogP) is 4.70. The Bertz CT molecular complexity index is 831. The molecular formula is C21H21F4NO3. The van der Waals surface area contributed by atoms with E-state index in [2.05, 4.69) is 4.84 Å². The molecule has 3 rings (SSSR count). The SMILES string of the molecule is COc1cccc(C(c2ccc(F)cc2)C2CCN(OC(=O)C(F)(F)F)CC2)c1. The molecule has 1 atom stereocenters. The van der Waals surface area contributed by atoms with Crippen LogP contribution < -0.4 is 4.74 Å². The molecule has 0 radical (unpaired) electrons. The van der Waals surface area contributed by atoms with Crippen molar-refractivity contribution in [3.63, 3.8) is 0 Å². The lowest BCUT2D eigenvalue weighted by atomic mass is 9.76. The van der Waals surface area contributed by atoms with Crippen molar-refractivity contribution in [3.05, 3.63) is 65.5 Å². The Labute approximate surface area is 166 Å². The fourth-order valence-corrected chi connectivity index (χ4v) is 3.71. The molecule has 0 amide bonds. The molecule has 1 fully saturated rings. The third-order valence-electron chi connectivity index (χ3n) is 5.10. The van der Waals surface area contributed by atoms with Gasteiger partial charge in [-0.2, -0.15) is 13.2 Å². The van der Waals surface area contributed by atoms with E-state index in [0.717, 1.165) is 16.2 Å². The zero-order valence-corrected chi connectivity index (χ0v) is 15.8. The molecule has 0 aromatic heterocycles. The van der Waals surface area contributed by atoms with Crippen LogP contribution in [0.15, 0.2) is 48.5 Å². The quantitative estimate of drug-likeness (QED) is 0.669. The smallest absolute Gasteiger partial charge is 0.492 e. The first-order valence-corrected chi connectivity index (χ1v) is 9.21. The Morgan fingerprint density at radius 1 is 1.07 bits per heavy atom. The number of hydroxylamine groups is 2. The first-order valence-electron chi connectivity index (χ1n) is 9.21. The van der Waals surface area contributed by atoms with E-state index >= 15 is 0 Å². The summed E-state index contributed by atoms with van der Waals surface area (Å²) in [7, 11) is 1.57. The lowest BCUT2D eigenvalue weighted by Crippen LogP contribution is -2.40. The van der Waals surface area contributed by atoms with Crippen LogP contribution in [0.5, 0.6) is 5.75 Å². The summed E-state index contributed by atoms with van der Waals surface area (Å²) < 4.78 is 56.0. The second-order valence-corrected chi connectivity index (χ2v) is 6.95. The van der Waals surface area contributed by atoms with Crippen LogP contribution in [-0.4, -0.2) is 37.4 Å². The summed E-state index contributed by atoms with van der Waals surface area (Å²) in [5.74, 6) is -1.88. The van der Waals surface area contributed by atoms with Crippen LogP contribution in [0.25, 0.3) is 0 Å². The average molecular weight is 411 g/mol. The van der Waals surface area contributed by atoms with E-state index in [0.29, 0.717) is 18.6 Å². The van der Waals surface area contributed by atoms with Crippen LogP contribution in [0.1, 0.15) is 29.9 Å². The summed E-state index contributed by atoms with van der Waals surface area (Å²) in [5.41, 5.74) is 1.88. The Hall–Kier alpha value is -2.61. The lowest BCUT2D eigenvalue weighted by Gasteiger charge is -2.35. The zero-order valence-electron chi connectivity index (χ0n) is 15.8. The number of nitrogens with zero attached hydrogens (tertiary/aromatic N) is 1. The van der Waals surface area contributed by atoms with E-state index in [1.165, 1.54) is 12.1 Å². The maximum atomic E-state index is 13.4. The van der Waals surface area contributed by atoms with E-state index in [9.17, 15) is 22.4 Å². The second-order valence-electron chi connectivity index (χ2n) is 6.95. The van der Waals surface area contributed by atoms with Gasteiger partial charge in [0.1, 0.15) is 11.6 Å². The first kappa shape index (κ1) is 21.1. The third kappa shape index (κ3) is 5.26. The van der Waals surface area contributed by atoms with Gasteiger partial charge in [-0.1, -0.05) is 24.3 Å². The van der Waals surface area contributed by atoms with Gasteiger partial charge < -0.3 is 9.57 Å². The molecule has 0 N–H and O–H groups in total. The Balaban J connectivity index is 1.79. The van der Waals surface area contributed by atoms with Crippen LogP contribution in [0.4, 0.5) is 17.6 Å². The summed E-state index contributed by atoms with van der Waals surface area (Å²) in [4.78, 5) is 15.5. The number of halogens is 4. The molecule has 29 heavy (non-hydrogen) atoms. The highest BCUT2D eigenvalue weighted by Gasteiger charge is 2.43. The molecule has 1 aliphatic rings. The first-order chi connectivity index (χ1) is 13.8. The Morgan fingerprint density at radius 2 is 1.72 bits per heavy atom. The molecule has 156 valence electrons. The van der Waals surface area contributed by atoms with Gasteiger partial charge in [0.2, 0.25) is 0 Å². The number of ether oxygens (including phenoxy) is 1. The number of carbonyl (C=O) groups is 1. The normalized spacial score (nSPS) is 17.0. The summed E-state index contributed by atoms with van der Waals surface area (Å²) >= 11 is 0.